The molecule has 2 rings (SSSR count). The standard InChI is InChI=1S/C16H13Cl2N3O2/c17-11-2-7-14(18)10(9-11)1-8-15(22)20-12-3-5-13(6-4-12)21-16(19)23/h1-9H,(H,20,22)(H3,19,21,23)/b8-1+. The molecule has 0 fully saturated rings. The number of urea groups is 1. The van der Waals surface area contributed by atoms with Gasteiger partial charge in [0.2, 0.25) is 5.91 Å². The highest BCUT2D eigenvalue weighted by molar-refractivity contribution is 6.34. The third-order valence-corrected chi connectivity index (χ3v) is 3.37. The maximum Gasteiger partial charge on any atom is 0.316 e. The molecule has 0 saturated carbocycles. The minimum Gasteiger partial charge on any atom is -0.351 e. The summed E-state index contributed by atoms with van der Waals surface area (Å²) in [5.74, 6) is -0.323. The van der Waals surface area contributed by atoms with E-state index in [0.717, 1.165) is 0 Å². The molecule has 2 aromatic carbocycles. The summed E-state index contributed by atoms with van der Waals surface area (Å²) in [6.45, 7) is 0. The summed E-state index contributed by atoms with van der Waals surface area (Å²) in [5.41, 5.74) is 6.77. The Morgan fingerprint density at radius 1 is 0.957 bits per heavy atom. The van der Waals surface area contributed by atoms with Crippen molar-refractivity contribution in [2.45, 2.75) is 0 Å². The lowest BCUT2D eigenvalue weighted by Gasteiger charge is -2.05. The van der Waals surface area contributed by atoms with Crippen LogP contribution in [0.4, 0.5) is 16.2 Å². The number of carbonyl (C=O) groups excluding carboxylic acids is 2. The van der Waals surface area contributed by atoms with Crippen molar-refractivity contribution >= 4 is 52.6 Å². The van der Waals surface area contributed by atoms with Crippen LogP contribution in [0.5, 0.6) is 0 Å². The van der Waals surface area contributed by atoms with Crippen LogP contribution in [-0.2, 0) is 4.79 Å². The Balaban J connectivity index is 2.00. The van der Waals surface area contributed by atoms with Crippen LogP contribution in [0, 0.1) is 0 Å². The maximum atomic E-state index is 11.9. The topological polar surface area (TPSA) is 84.2 Å². The van der Waals surface area contributed by atoms with Gasteiger partial charge in [0.05, 0.1) is 0 Å². The average molecular weight is 350 g/mol. The van der Waals surface area contributed by atoms with E-state index in [0.29, 0.717) is 27.0 Å². The first kappa shape index (κ1) is 16.9. The summed E-state index contributed by atoms with van der Waals surface area (Å²) < 4.78 is 0. The van der Waals surface area contributed by atoms with Crippen LogP contribution < -0.4 is 16.4 Å². The molecule has 0 radical (unpaired) electrons. The van der Waals surface area contributed by atoms with Crippen molar-refractivity contribution in [3.63, 3.8) is 0 Å². The molecule has 0 atom stereocenters. The molecule has 0 saturated heterocycles. The first-order chi connectivity index (χ1) is 10.9. The fourth-order valence-electron chi connectivity index (χ4n) is 1.77. The van der Waals surface area contributed by atoms with E-state index in [1.54, 1.807) is 48.5 Å². The lowest BCUT2D eigenvalue weighted by atomic mass is 10.2. The van der Waals surface area contributed by atoms with Gasteiger partial charge in [0.15, 0.2) is 0 Å². The van der Waals surface area contributed by atoms with Gasteiger partial charge in [-0.05, 0) is 54.1 Å². The van der Waals surface area contributed by atoms with Gasteiger partial charge >= 0.3 is 6.03 Å². The van der Waals surface area contributed by atoms with Crippen LogP contribution in [0.3, 0.4) is 0 Å². The van der Waals surface area contributed by atoms with E-state index in [1.165, 1.54) is 6.08 Å². The number of primary amides is 1. The molecule has 0 aromatic heterocycles. The summed E-state index contributed by atoms with van der Waals surface area (Å²) in [6.07, 6.45) is 2.93. The van der Waals surface area contributed by atoms with Crippen LogP contribution in [0.25, 0.3) is 6.08 Å². The van der Waals surface area contributed by atoms with Gasteiger partial charge in [0.25, 0.3) is 0 Å². The van der Waals surface area contributed by atoms with Gasteiger partial charge in [-0.25, -0.2) is 4.79 Å². The van der Waals surface area contributed by atoms with Gasteiger partial charge in [-0.1, -0.05) is 23.2 Å². The Hall–Kier alpha value is -2.50. The minimum atomic E-state index is -0.650. The molecular formula is C16H13Cl2N3O2. The summed E-state index contributed by atoms with van der Waals surface area (Å²) in [6, 6.07) is 10.9. The van der Waals surface area contributed by atoms with E-state index in [9.17, 15) is 9.59 Å². The minimum absolute atomic E-state index is 0.323. The molecule has 118 valence electrons. The summed E-state index contributed by atoms with van der Waals surface area (Å²) in [5, 5.41) is 6.14. The Bertz CT molecular complexity index is 758. The summed E-state index contributed by atoms with van der Waals surface area (Å²) in [4.78, 5) is 22.6. The normalized spacial score (nSPS) is 10.5. The third-order valence-electron chi connectivity index (χ3n) is 2.79. The number of rotatable bonds is 4. The number of benzene rings is 2. The molecule has 0 bridgehead atoms. The van der Waals surface area contributed by atoms with Crippen molar-refractivity contribution in [3.05, 3.63) is 64.1 Å². The number of amides is 3. The van der Waals surface area contributed by atoms with Gasteiger partial charge in [0, 0.05) is 27.5 Å². The van der Waals surface area contributed by atoms with Crippen molar-refractivity contribution in [1.82, 2.24) is 0 Å². The van der Waals surface area contributed by atoms with Gasteiger partial charge in [-0.2, -0.15) is 0 Å². The zero-order valence-electron chi connectivity index (χ0n) is 11.8. The Labute approximate surface area is 143 Å². The van der Waals surface area contributed by atoms with E-state index < -0.39 is 6.03 Å². The molecule has 0 heterocycles. The second kappa shape index (κ2) is 7.67. The van der Waals surface area contributed by atoms with Crippen molar-refractivity contribution in [2.24, 2.45) is 5.73 Å². The van der Waals surface area contributed by atoms with Crippen molar-refractivity contribution < 1.29 is 9.59 Å². The molecule has 7 heteroatoms. The fraction of sp³-hybridized carbons (Fsp3) is 0. The number of hydrogen-bond donors (Lipinski definition) is 3. The number of carbonyl (C=O) groups is 2. The third kappa shape index (κ3) is 5.32. The first-order valence-corrected chi connectivity index (χ1v) is 7.30. The highest BCUT2D eigenvalue weighted by atomic mass is 35.5. The SMILES string of the molecule is NC(=O)Nc1ccc(NC(=O)/C=C/c2cc(Cl)ccc2Cl)cc1. The molecule has 0 spiro atoms. The molecule has 0 aliphatic heterocycles. The summed E-state index contributed by atoms with van der Waals surface area (Å²) >= 11 is 11.9. The monoisotopic (exact) mass is 349 g/mol. The molecule has 2 aromatic rings. The van der Waals surface area contributed by atoms with Gasteiger partial charge in [0.1, 0.15) is 0 Å². The zero-order valence-corrected chi connectivity index (χ0v) is 13.4. The smallest absolute Gasteiger partial charge is 0.316 e. The lowest BCUT2D eigenvalue weighted by molar-refractivity contribution is -0.111. The molecule has 23 heavy (non-hydrogen) atoms. The molecule has 0 aliphatic rings. The first-order valence-electron chi connectivity index (χ1n) is 6.54. The van der Waals surface area contributed by atoms with Gasteiger partial charge < -0.3 is 16.4 Å². The molecule has 3 amide bonds. The number of anilines is 2. The second-order valence-corrected chi connectivity index (χ2v) is 5.40. The van der Waals surface area contributed by atoms with Crippen LogP contribution in [0.2, 0.25) is 10.0 Å². The average Bonchev–Trinajstić information content (AvgIpc) is 2.50. The van der Waals surface area contributed by atoms with E-state index in [1.807, 2.05) is 0 Å². The quantitative estimate of drug-likeness (QED) is 0.724. The van der Waals surface area contributed by atoms with Crippen LogP contribution in [0.15, 0.2) is 48.5 Å². The Morgan fingerprint density at radius 3 is 2.17 bits per heavy atom. The largest absolute Gasteiger partial charge is 0.351 e. The summed E-state index contributed by atoms with van der Waals surface area (Å²) in [7, 11) is 0. The predicted octanol–water partition coefficient (Wildman–Crippen LogP) is 4.14. The van der Waals surface area contributed by atoms with E-state index in [2.05, 4.69) is 10.6 Å². The number of hydrogen-bond acceptors (Lipinski definition) is 2. The fourth-order valence-corrected chi connectivity index (χ4v) is 2.13. The van der Waals surface area contributed by atoms with Gasteiger partial charge in [-0.3, -0.25) is 4.79 Å². The van der Waals surface area contributed by atoms with E-state index >= 15 is 0 Å². The number of nitrogens with one attached hydrogen (secondary N) is 2. The maximum absolute atomic E-state index is 11.9. The highest BCUT2D eigenvalue weighted by Gasteiger charge is 2.01. The number of nitrogens with two attached hydrogens (primary N) is 1. The predicted molar refractivity (Wildman–Crippen MR) is 93.8 cm³/mol. The lowest BCUT2D eigenvalue weighted by Crippen LogP contribution is -2.19. The van der Waals surface area contributed by atoms with Crippen LogP contribution >= 0.6 is 23.2 Å². The zero-order chi connectivity index (χ0) is 16.8. The Kier molecular flexibility index (Phi) is 5.62. The molecule has 5 nitrogen and oxygen atoms in total. The molecule has 4 N–H and O–H groups in total. The number of halogens is 2. The van der Waals surface area contributed by atoms with Crippen LogP contribution in [0.1, 0.15) is 5.56 Å². The van der Waals surface area contributed by atoms with Crippen molar-refractivity contribution in [3.8, 4) is 0 Å². The van der Waals surface area contributed by atoms with Crippen molar-refractivity contribution in [2.75, 3.05) is 10.6 Å². The molecule has 0 aliphatic carbocycles. The van der Waals surface area contributed by atoms with Crippen LogP contribution in [-0.4, -0.2) is 11.9 Å². The molecular weight excluding hydrogens is 337 g/mol. The van der Waals surface area contributed by atoms with Crippen molar-refractivity contribution in [1.29, 1.82) is 0 Å². The second-order valence-electron chi connectivity index (χ2n) is 4.56. The molecule has 0 unspecified atom stereocenters. The van der Waals surface area contributed by atoms with E-state index in [4.69, 9.17) is 28.9 Å². The van der Waals surface area contributed by atoms with E-state index in [-0.39, 0.29) is 5.91 Å². The van der Waals surface area contributed by atoms with Gasteiger partial charge in [-0.15, -0.1) is 0 Å². The highest BCUT2D eigenvalue weighted by Crippen LogP contribution is 2.21. The Morgan fingerprint density at radius 2 is 1.57 bits per heavy atom.